The average molecular weight is 97.2 g/mol. The van der Waals surface area contributed by atoms with E-state index in [-0.39, 0.29) is 0 Å². The van der Waals surface area contributed by atoms with Crippen molar-refractivity contribution in [3.63, 3.8) is 0 Å². The lowest BCUT2D eigenvalue weighted by molar-refractivity contribution is 0.654. The maximum atomic E-state index is 3.79. The molecule has 0 amide bonds. The van der Waals surface area contributed by atoms with Gasteiger partial charge in [0.15, 0.2) is 0 Å². The normalized spacial score (nSPS) is 30.4. The Balaban J connectivity index is 2.40. The molecule has 1 rings (SSSR count). The highest BCUT2D eigenvalue weighted by atomic mass is 14.9. The van der Waals surface area contributed by atoms with Crippen LogP contribution in [0.3, 0.4) is 0 Å². The Bertz CT molecular complexity index is 86.2. The summed E-state index contributed by atoms with van der Waals surface area (Å²) in [4.78, 5) is 0. The Hall–Kier alpha value is -0.460. The molecule has 1 N–H and O–H groups in total. The summed E-state index contributed by atoms with van der Waals surface area (Å²) in [7, 11) is 0. The van der Waals surface area contributed by atoms with Gasteiger partial charge in [-0.3, -0.25) is 0 Å². The van der Waals surface area contributed by atoms with Crippen LogP contribution in [0.4, 0.5) is 0 Å². The van der Waals surface area contributed by atoms with Gasteiger partial charge in [-0.05, 0) is 12.3 Å². The van der Waals surface area contributed by atoms with Gasteiger partial charge < -0.3 is 5.32 Å². The second-order valence-corrected chi connectivity index (χ2v) is 2.29. The Morgan fingerprint density at radius 3 is 2.71 bits per heavy atom. The lowest BCUT2D eigenvalue weighted by Gasteiger charge is -1.90. The van der Waals surface area contributed by atoms with Crippen molar-refractivity contribution in [2.45, 2.75) is 13.3 Å². The highest BCUT2D eigenvalue weighted by Crippen LogP contribution is 2.12. The molecule has 1 heterocycles. The lowest BCUT2D eigenvalue weighted by atomic mass is 10.1. The van der Waals surface area contributed by atoms with Gasteiger partial charge in [-0.25, -0.2) is 0 Å². The van der Waals surface area contributed by atoms with Crippen LogP contribution in [0.5, 0.6) is 0 Å². The van der Waals surface area contributed by atoms with E-state index in [2.05, 4.69) is 18.8 Å². The quantitative estimate of drug-likeness (QED) is 0.477. The zero-order chi connectivity index (χ0) is 5.28. The largest absolute Gasteiger partial charge is 0.389 e. The zero-order valence-corrected chi connectivity index (χ0v) is 4.70. The van der Waals surface area contributed by atoms with Crippen LogP contribution < -0.4 is 5.32 Å². The van der Waals surface area contributed by atoms with E-state index in [1.54, 1.807) is 0 Å². The minimum atomic E-state index is 0.812. The molecule has 1 nitrogen and oxygen atoms in total. The van der Waals surface area contributed by atoms with Crippen molar-refractivity contribution >= 4 is 0 Å². The summed E-state index contributed by atoms with van der Waals surface area (Å²) in [5.74, 6) is 0.812. The number of hydrogen-bond acceptors (Lipinski definition) is 1. The SMILES string of the molecule is C=C1C[C@@H](C)CN1. The maximum absolute atomic E-state index is 3.79. The van der Waals surface area contributed by atoms with Gasteiger partial charge in [0, 0.05) is 12.2 Å². The van der Waals surface area contributed by atoms with Crippen LogP contribution in [-0.2, 0) is 0 Å². The molecule has 0 aromatic heterocycles. The van der Waals surface area contributed by atoms with E-state index in [1.807, 2.05) is 0 Å². The highest BCUT2D eigenvalue weighted by Gasteiger charge is 2.10. The molecular weight excluding hydrogens is 86.1 g/mol. The van der Waals surface area contributed by atoms with Crippen molar-refractivity contribution in [1.82, 2.24) is 5.32 Å². The van der Waals surface area contributed by atoms with Crippen molar-refractivity contribution in [3.8, 4) is 0 Å². The fourth-order valence-electron chi connectivity index (χ4n) is 0.884. The van der Waals surface area contributed by atoms with Crippen LogP contribution in [0.25, 0.3) is 0 Å². The van der Waals surface area contributed by atoms with Gasteiger partial charge in [0.1, 0.15) is 0 Å². The molecular formula is C6H11N. The number of allylic oxidation sites excluding steroid dienone is 1. The summed E-state index contributed by atoms with van der Waals surface area (Å²) in [6, 6.07) is 0. The second kappa shape index (κ2) is 1.57. The van der Waals surface area contributed by atoms with E-state index >= 15 is 0 Å². The van der Waals surface area contributed by atoms with E-state index in [9.17, 15) is 0 Å². The molecule has 1 fully saturated rings. The van der Waals surface area contributed by atoms with Crippen LogP contribution in [-0.4, -0.2) is 6.54 Å². The lowest BCUT2D eigenvalue weighted by Crippen LogP contribution is -2.04. The second-order valence-electron chi connectivity index (χ2n) is 2.29. The monoisotopic (exact) mass is 97.1 g/mol. The van der Waals surface area contributed by atoms with Crippen molar-refractivity contribution in [1.29, 1.82) is 0 Å². The number of rotatable bonds is 0. The molecule has 0 aromatic carbocycles. The first-order chi connectivity index (χ1) is 3.29. The first-order valence-electron chi connectivity index (χ1n) is 2.70. The maximum Gasteiger partial charge on any atom is 0.0173 e. The third-order valence-corrected chi connectivity index (χ3v) is 1.30. The van der Waals surface area contributed by atoms with E-state index in [0.717, 1.165) is 12.5 Å². The van der Waals surface area contributed by atoms with Crippen LogP contribution in [0.2, 0.25) is 0 Å². The van der Waals surface area contributed by atoms with E-state index in [0.29, 0.717) is 0 Å². The molecule has 1 aliphatic heterocycles. The molecule has 1 aliphatic rings. The molecule has 0 unspecified atom stereocenters. The fourth-order valence-corrected chi connectivity index (χ4v) is 0.884. The molecule has 40 valence electrons. The van der Waals surface area contributed by atoms with E-state index < -0.39 is 0 Å². The molecule has 0 aromatic rings. The summed E-state index contributed by atoms with van der Waals surface area (Å²) >= 11 is 0. The molecule has 0 aliphatic carbocycles. The van der Waals surface area contributed by atoms with Gasteiger partial charge in [0.2, 0.25) is 0 Å². The minimum absolute atomic E-state index is 0.812. The Kier molecular flexibility index (Phi) is 1.05. The molecule has 0 radical (unpaired) electrons. The van der Waals surface area contributed by atoms with Crippen LogP contribution in [0, 0.1) is 5.92 Å². The van der Waals surface area contributed by atoms with Crippen molar-refractivity contribution < 1.29 is 0 Å². The Morgan fingerprint density at radius 1 is 1.86 bits per heavy atom. The molecule has 1 atom stereocenters. The van der Waals surface area contributed by atoms with Gasteiger partial charge in [-0.1, -0.05) is 13.5 Å². The summed E-state index contributed by atoms with van der Waals surface area (Å²) in [5, 5.41) is 3.17. The highest BCUT2D eigenvalue weighted by molar-refractivity contribution is 4.98. The average Bonchev–Trinajstić information content (AvgIpc) is 1.87. The topological polar surface area (TPSA) is 12.0 Å². The number of nitrogens with one attached hydrogen (secondary N) is 1. The van der Waals surface area contributed by atoms with E-state index in [4.69, 9.17) is 0 Å². The smallest absolute Gasteiger partial charge is 0.0173 e. The Labute approximate surface area is 44.4 Å². The van der Waals surface area contributed by atoms with Gasteiger partial charge in [0.25, 0.3) is 0 Å². The van der Waals surface area contributed by atoms with Gasteiger partial charge >= 0.3 is 0 Å². The molecule has 1 heteroatoms. The summed E-state index contributed by atoms with van der Waals surface area (Å²) in [6.45, 7) is 7.14. The van der Waals surface area contributed by atoms with Crippen molar-refractivity contribution in [2.24, 2.45) is 5.92 Å². The Morgan fingerprint density at radius 2 is 2.57 bits per heavy atom. The summed E-state index contributed by atoms with van der Waals surface area (Å²) in [5.41, 5.74) is 1.20. The van der Waals surface area contributed by atoms with Gasteiger partial charge in [0.05, 0.1) is 0 Å². The molecule has 0 saturated carbocycles. The summed E-state index contributed by atoms with van der Waals surface area (Å²) in [6.07, 6.45) is 1.17. The van der Waals surface area contributed by atoms with Crippen LogP contribution in [0.1, 0.15) is 13.3 Å². The van der Waals surface area contributed by atoms with Crippen LogP contribution >= 0.6 is 0 Å². The van der Waals surface area contributed by atoms with Crippen molar-refractivity contribution in [3.05, 3.63) is 12.3 Å². The minimum Gasteiger partial charge on any atom is -0.389 e. The van der Waals surface area contributed by atoms with E-state index in [1.165, 1.54) is 12.1 Å². The molecule has 7 heavy (non-hydrogen) atoms. The summed E-state index contributed by atoms with van der Waals surface area (Å²) < 4.78 is 0. The van der Waals surface area contributed by atoms with Crippen molar-refractivity contribution in [2.75, 3.05) is 6.54 Å². The standard InChI is InChI=1S/C6H11N/c1-5-3-6(2)7-4-5/h5,7H,2-4H2,1H3/t5-/m1/s1. The first kappa shape index (κ1) is 4.69. The third-order valence-electron chi connectivity index (χ3n) is 1.30. The predicted molar refractivity (Wildman–Crippen MR) is 30.9 cm³/mol. The first-order valence-corrected chi connectivity index (χ1v) is 2.70. The number of hydrogen-bond donors (Lipinski definition) is 1. The molecule has 0 spiro atoms. The van der Waals surface area contributed by atoms with Gasteiger partial charge in [-0.15, -0.1) is 0 Å². The molecule has 0 bridgehead atoms. The van der Waals surface area contributed by atoms with Crippen LogP contribution in [0.15, 0.2) is 12.3 Å². The zero-order valence-electron chi connectivity index (χ0n) is 4.70. The molecule has 1 saturated heterocycles. The van der Waals surface area contributed by atoms with Gasteiger partial charge in [-0.2, -0.15) is 0 Å². The predicted octanol–water partition coefficient (Wildman–Crippen LogP) is 1.13. The third kappa shape index (κ3) is 0.952. The fraction of sp³-hybridized carbons (Fsp3) is 0.667.